The molecule has 0 aliphatic carbocycles. The summed E-state index contributed by atoms with van der Waals surface area (Å²) in [6, 6.07) is 0. The third kappa shape index (κ3) is 14.4. The number of allylic oxidation sites excluding steroid dienone is 1. The Morgan fingerprint density at radius 1 is 0.947 bits per heavy atom. The van der Waals surface area contributed by atoms with Crippen molar-refractivity contribution in [3.8, 4) is 0 Å². The van der Waals surface area contributed by atoms with Crippen LogP contribution in [-0.2, 0) is 41.6 Å². The molecule has 1 aromatic heterocycles. The van der Waals surface area contributed by atoms with E-state index in [0.29, 0.717) is 89.2 Å². The Morgan fingerprint density at radius 3 is 2.18 bits per heavy atom. The summed E-state index contributed by atoms with van der Waals surface area (Å²) in [7, 11) is 0. The fourth-order valence-electron chi connectivity index (χ4n) is 3.53. The predicted octanol–water partition coefficient (Wildman–Crippen LogP) is 2.48. The van der Waals surface area contributed by atoms with Crippen molar-refractivity contribution in [1.82, 2.24) is 25.2 Å². The summed E-state index contributed by atoms with van der Waals surface area (Å²) in [6.07, 6.45) is 8.64. The lowest BCUT2D eigenvalue weighted by molar-refractivity contribution is -0.124. The first-order valence-electron chi connectivity index (χ1n) is 13.4. The van der Waals surface area contributed by atoms with E-state index in [2.05, 4.69) is 43.0 Å². The molecule has 0 saturated heterocycles. The van der Waals surface area contributed by atoms with E-state index in [4.69, 9.17) is 18.9 Å². The highest BCUT2D eigenvalue weighted by molar-refractivity contribution is 5.92. The van der Waals surface area contributed by atoms with Gasteiger partial charge in [0.1, 0.15) is 5.69 Å². The van der Waals surface area contributed by atoms with Crippen molar-refractivity contribution in [3.63, 3.8) is 0 Å². The fourth-order valence-corrected chi connectivity index (χ4v) is 3.53. The van der Waals surface area contributed by atoms with E-state index >= 15 is 0 Å². The molecule has 11 nitrogen and oxygen atoms in total. The van der Waals surface area contributed by atoms with Gasteiger partial charge < -0.3 is 29.2 Å². The number of hydrogen-bond acceptors (Lipinski definition) is 8. The van der Waals surface area contributed by atoms with Crippen molar-refractivity contribution in [2.24, 2.45) is 5.41 Å². The second kappa shape index (κ2) is 17.8. The van der Waals surface area contributed by atoms with Crippen LogP contribution in [0.15, 0.2) is 30.6 Å². The van der Waals surface area contributed by atoms with Crippen LogP contribution in [0.1, 0.15) is 52.1 Å². The van der Waals surface area contributed by atoms with Crippen LogP contribution in [0.3, 0.4) is 0 Å². The molecule has 0 unspecified atom stereocenters. The van der Waals surface area contributed by atoms with Crippen LogP contribution in [0.5, 0.6) is 0 Å². The van der Waals surface area contributed by atoms with E-state index in [1.807, 2.05) is 0 Å². The molecule has 0 fully saturated rings. The normalized spacial score (nSPS) is 13.6. The van der Waals surface area contributed by atoms with E-state index < -0.39 is 0 Å². The van der Waals surface area contributed by atoms with Gasteiger partial charge in [0.05, 0.1) is 72.1 Å². The topological polar surface area (TPSA) is 117 Å². The maximum Gasteiger partial charge on any atom is 0.251 e. The average molecular weight is 536 g/mol. The van der Waals surface area contributed by atoms with E-state index in [9.17, 15) is 9.59 Å². The van der Waals surface area contributed by atoms with E-state index in [1.54, 1.807) is 21.9 Å². The second-order valence-electron chi connectivity index (χ2n) is 10.3. The number of hydrogen-bond donors (Lipinski definition) is 1. The smallest absolute Gasteiger partial charge is 0.251 e. The van der Waals surface area contributed by atoms with E-state index in [1.165, 1.54) is 6.08 Å². The number of carbonyl (C=O) groups excluding carboxylic acids is 2. The standard InChI is InChI=1S/C27H45N5O6/c1-23-7-8-26(34)32(23)22-24-21-31(30-29-24)12-14-36-16-18-38-20-19-37-17-15-35-13-9-25(33)28-11-6-5-10-27(2,3)4/h7-8,21H,1,5-6,9-20,22H2,2-4H3,(H,28,33). The molecule has 0 aromatic carbocycles. The molecule has 38 heavy (non-hydrogen) atoms. The Bertz CT molecular complexity index is 862. The summed E-state index contributed by atoms with van der Waals surface area (Å²) in [5.74, 6) is -0.0662. The second-order valence-corrected chi connectivity index (χ2v) is 10.3. The number of unbranched alkanes of at least 4 members (excludes halogenated alkanes) is 1. The molecule has 0 atom stereocenters. The molecule has 0 spiro atoms. The highest BCUT2D eigenvalue weighted by Crippen LogP contribution is 2.21. The average Bonchev–Trinajstić information content (AvgIpc) is 3.44. The summed E-state index contributed by atoms with van der Waals surface area (Å²) >= 11 is 0. The van der Waals surface area contributed by atoms with Gasteiger partial charge in [0.2, 0.25) is 5.91 Å². The van der Waals surface area contributed by atoms with Gasteiger partial charge in [-0.3, -0.25) is 9.59 Å². The zero-order chi connectivity index (χ0) is 27.6. The van der Waals surface area contributed by atoms with Gasteiger partial charge in [-0.05, 0) is 24.3 Å². The maximum atomic E-state index is 11.8. The first kappa shape index (κ1) is 31.6. The van der Waals surface area contributed by atoms with Crippen molar-refractivity contribution >= 4 is 11.8 Å². The van der Waals surface area contributed by atoms with Gasteiger partial charge in [-0.1, -0.05) is 39.0 Å². The monoisotopic (exact) mass is 535 g/mol. The fraction of sp³-hybridized carbons (Fsp3) is 0.704. The van der Waals surface area contributed by atoms with Gasteiger partial charge in [-0.25, -0.2) is 4.68 Å². The highest BCUT2D eigenvalue weighted by atomic mass is 16.6. The number of amides is 2. The van der Waals surface area contributed by atoms with Gasteiger partial charge in [0.25, 0.3) is 5.91 Å². The minimum atomic E-state index is -0.0967. The Hall–Kier alpha value is -2.60. The Kier molecular flexibility index (Phi) is 14.8. The Morgan fingerprint density at radius 2 is 1.58 bits per heavy atom. The Labute approximate surface area is 226 Å². The van der Waals surface area contributed by atoms with Crippen molar-refractivity contribution in [1.29, 1.82) is 0 Å². The number of rotatable bonds is 21. The summed E-state index contributed by atoms with van der Waals surface area (Å²) in [5, 5.41) is 11.1. The van der Waals surface area contributed by atoms with Crippen LogP contribution >= 0.6 is 0 Å². The van der Waals surface area contributed by atoms with Crippen LogP contribution < -0.4 is 5.32 Å². The largest absolute Gasteiger partial charge is 0.379 e. The molecular weight excluding hydrogens is 490 g/mol. The van der Waals surface area contributed by atoms with Crippen molar-refractivity contribution in [3.05, 3.63) is 36.3 Å². The molecule has 1 aliphatic rings. The molecular formula is C27H45N5O6. The van der Waals surface area contributed by atoms with Crippen LogP contribution in [0, 0.1) is 5.41 Å². The lowest BCUT2D eigenvalue weighted by Gasteiger charge is -2.17. The third-order valence-electron chi connectivity index (χ3n) is 5.67. The molecule has 0 radical (unpaired) electrons. The molecule has 2 heterocycles. The lowest BCUT2D eigenvalue weighted by atomic mass is 9.90. The highest BCUT2D eigenvalue weighted by Gasteiger charge is 2.20. The molecule has 0 saturated carbocycles. The molecule has 0 bridgehead atoms. The summed E-state index contributed by atoms with van der Waals surface area (Å²) in [5.41, 5.74) is 1.70. The van der Waals surface area contributed by atoms with Gasteiger partial charge >= 0.3 is 0 Å². The predicted molar refractivity (Wildman–Crippen MR) is 143 cm³/mol. The minimum Gasteiger partial charge on any atom is -0.379 e. The number of nitrogens with one attached hydrogen (secondary N) is 1. The molecule has 214 valence electrons. The van der Waals surface area contributed by atoms with Crippen LogP contribution in [0.2, 0.25) is 0 Å². The molecule has 2 amide bonds. The molecule has 1 aliphatic heterocycles. The van der Waals surface area contributed by atoms with E-state index in [0.717, 1.165) is 25.8 Å². The van der Waals surface area contributed by atoms with Gasteiger partial charge in [0, 0.05) is 24.7 Å². The van der Waals surface area contributed by atoms with Crippen LogP contribution in [0.4, 0.5) is 0 Å². The lowest BCUT2D eigenvalue weighted by Crippen LogP contribution is -2.25. The third-order valence-corrected chi connectivity index (χ3v) is 5.67. The zero-order valence-electron chi connectivity index (χ0n) is 23.3. The number of carbonyl (C=O) groups is 2. The van der Waals surface area contributed by atoms with Crippen LogP contribution in [0.25, 0.3) is 0 Å². The number of nitrogens with zero attached hydrogens (tertiary/aromatic N) is 4. The molecule has 1 aromatic rings. The van der Waals surface area contributed by atoms with Crippen LogP contribution in [-0.4, -0.2) is 91.1 Å². The van der Waals surface area contributed by atoms with Gasteiger partial charge in [0.15, 0.2) is 0 Å². The molecule has 1 N–H and O–H groups in total. The minimum absolute atomic E-state index is 0.0305. The van der Waals surface area contributed by atoms with Gasteiger partial charge in [-0.15, -0.1) is 5.10 Å². The first-order chi connectivity index (χ1) is 18.2. The number of aromatic nitrogens is 3. The summed E-state index contributed by atoms with van der Waals surface area (Å²) in [4.78, 5) is 25.1. The van der Waals surface area contributed by atoms with Crippen molar-refractivity contribution < 1.29 is 28.5 Å². The first-order valence-corrected chi connectivity index (χ1v) is 13.4. The Balaban J connectivity index is 1.32. The number of ether oxygens (including phenoxy) is 4. The summed E-state index contributed by atoms with van der Waals surface area (Å²) < 4.78 is 23.6. The van der Waals surface area contributed by atoms with Crippen molar-refractivity contribution in [2.45, 2.75) is 59.5 Å². The summed E-state index contributed by atoms with van der Waals surface area (Å²) in [6.45, 7) is 15.8. The van der Waals surface area contributed by atoms with Gasteiger partial charge in [-0.2, -0.15) is 0 Å². The molecule has 11 heteroatoms. The van der Waals surface area contributed by atoms with E-state index in [-0.39, 0.29) is 11.8 Å². The van der Waals surface area contributed by atoms with Crippen molar-refractivity contribution in [2.75, 3.05) is 59.4 Å². The SMILES string of the molecule is C=C1C=CC(=O)N1Cc1cn(CCOCCOCCOCCOCCC(=O)NCCCCC(C)(C)C)nn1. The maximum absolute atomic E-state index is 11.8. The molecule has 2 rings (SSSR count). The zero-order valence-corrected chi connectivity index (χ0v) is 23.3. The quantitative estimate of drug-likeness (QED) is 0.239.